The largest absolute Gasteiger partial charge is 0.504 e. The number of aromatic hydroxyl groups is 2. The number of phenolic OH excluding ortho intramolecular Hbond substituents is 2. The van der Waals surface area contributed by atoms with E-state index in [1.807, 2.05) is 0 Å². The summed E-state index contributed by atoms with van der Waals surface area (Å²) in [4.78, 5) is 11.6. The quantitative estimate of drug-likeness (QED) is 0.668. The lowest BCUT2D eigenvalue weighted by atomic mass is 10.2. The molecule has 1 aromatic carbocycles. The van der Waals surface area contributed by atoms with Crippen molar-refractivity contribution in [1.29, 1.82) is 0 Å². The number of rotatable bonds is 5. The molecule has 0 atom stereocenters. The van der Waals surface area contributed by atoms with Gasteiger partial charge in [0.15, 0.2) is 21.3 Å². The van der Waals surface area contributed by atoms with Gasteiger partial charge >= 0.3 is 0 Å². The van der Waals surface area contributed by atoms with Crippen LogP contribution in [0.2, 0.25) is 0 Å². The Morgan fingerprint density at radius 1 is 1.28 bits per heavy atom. The number of hydrogen-bond acceptors (Lipinski definition) is 5. The van der Waals surface area contributed by atoms with E-state index in [2.05, 4.69) is 5.32 Å². The molecule has 0 aliphatic heterocycles. The van der Waals surface area contributed by atoms with Crippen molar-refractivity contribution in [3.05, 3.63) is 23.8 Å². The van der Waals surface area contributed by atoms with Crippen LogP contribution >= 0.6 is 0 Å². The van der Waals surface area contributed by atoms with Crippen molar-refractivity contribution in [3.63, 3.8) is 0 Å². The summed E-state index contributed by atoms with van der Waals surface area (Å²) in [5, 5.41) is 20.7. The van der Waals surface area contributed by atoms with Gasteiger partial charge in [-0.2, -0.15) is 0 Å². The van der Waals surface area contributed by atoms with Crippen LogP contribution in [0.1, 0.15) is 17.3 Å². The van der Waals surface area contributed by atoms with Crippen molar-refractivity contribution in [2.75, 3.05) is 18.1 Å². The molecule has 18 heavy (non-hydrogen) atoms. The molecule has 0 aromatic heterocycles. The highest BCUT2D eigenvalue weighted by molar-refractivity contribution is 7.91. The van der Waals surface area contributed by atoms with Crippen LogP contribution in [0.3, 0.4) is 0 Å². The summed E-state index contributed by atoms with van der Waals surface area (Å²) in [5.41, 5.74) is 0.152. The predicted molar refractivity (Wildman–Crippen MR) is 66.4 cm³/mol. The van der Waals surface area contributed by atoms with E-state index in [-0.39, 0.29) is 29.4 Å². The minimum absolute atomic E-state index is 0.0106. The van der Waals surface area contributed by atoms with Gasteiger partial charge in [0, 0.05) is 17.9 Å². The average Bonchev–Trinajstić information content (AvgIpc) is 2.32. The lowest BCUT2D eigenvalue weighted by Gasteiger charge is -2.06. The summed E-state index contributed by atoms with van der Waals surface area (Å²) in [7, 11) is -3.12. The molecule has 1 rings (SSSR count). The van der Waals surface area contributed by atoms with E-state index in [0.29, 0.717) is 0 Å². The van der Waals surface area contributed by atoms with Gasteiger partial charge in [-0.15, -0.1) is 0 Å². The number of sulfone groups is 1. The van der Waals surface area contributed by atoms with E-state index in [1.54, 1.807) is 0 Å². The number of carbonyl (C=O) groups is 1. The Bertz CT molecular complexity index is 538. The highest BCUT2D eigenvalue weighted by atomic mass is 32.2. The van der Waals surface area contributed by atoms with E-state index in [4.69, 9.17) is 5.11 Å². The van der Waals surface area contributed by atoms with E-state index in [9.17, 15) is 18.3 Å². The molecule has 3 N–H and O–H groups in total. The summed E-state index contributed by atoms with van der Waals surface area (Å²) in [6.07, 6.45) is 0. The van der Waals surface area contributed by atoms with Crippen molar-refractivity contribution in [2.45, 2.75) is 6.92 Å². The molecular weight excluding hydrogens is 258 g/mol. The van der Waals surface area contributed by atoms with Crippen LogP contribution in [0.4, 0.5) is 0 Å². The number of amides is 1. The maximum absolute atomic E-state index is 11.6. The maximum Gasteiger partial charge on any atom is 0.251 e. The molecule has 6 nitrogen and oxygen atoms in total. The second kappa shape index (κ2) is 5.72. The average molecular weight is 273 g/mol. The van der Waals surface area contributed by atoms with Crippen molar-refractivity contribution in [3.8, 4) is 11.5 Å². The monoisotopic (exact) mass is 273 g/mol. The van der Waals surface area contributed by atoms with Crippen molar-refractivity contribution in [1.82, 2.24) is 5.32 Å². The first-order chi connectivity index (χ1) is 8.35. The summed E-state index contributed by atoms with van der Waals surface area (Å²) >= 11 is 0. The SMILES string of the molecule is CCS(=O)(=O)CCNC(=O)c1ccc(O)c(O)c1. The van der Waals surface area contributed by atoms with Gasteiger partial charge in [0.2, 0.25) is 0 Å². The van der Waals surface area contributed by atoms with E-state index in [1.165, 1.54) is 19.1 Å². The molecule has 0 spiro atoms. The molecule has 0 radical (unpaired) electrons. The Kier molecular flexibility index (Phi) is 4.55. The van der Waals surface area contributed by atoms with E-state index >= 15 is 0 Å². The van der Waals surface area contributed by atoms with Crippen LogP contribution in [0.25, 0.3) is 0 Å². The third kappa shape index (κ3) is 3.92. The van der Waals surface area contributed by atoms with Gasteiger partial charge in [-0.05, 0) is 18.2 Å². The van der Waals surface area contributed by atoms with E-state index in [0.717, 1.165) is 6.07 Å². The maximum atomic E-state index is 11.6. The minimum atomic E-state index is -3.12. The highest BCUT2D eigenvalue weighted by Crippen LogP contribution is 2.24. The summed E-state index contributed by atoms with van der Waals surface area (Å²) in [6, 6.07) is 3.63. The molecule has 0 aliphatic carbocycles. The third-order valence-electron chi connectivity index (χ3n) is 2.38. The summed E-state index contributed by atoms with van der Waals surface area (Å²) in [6.45, 7) is 1.55. The Morgan fingerprint density at radius 3 is 2.50 bits per heavy atom. The molecule has 0 bridgehead atoms. The standard InChI is InChI=1S/C11H15NO5S/c1-2-18(16,17)6-5-12-11(15)8-3-4-9(13)10(14)7-8/h3-4,7,13-14H,2,5-6H2,1H3,(H,12,15). The second-order valence-electron chi connectivity index (χ2n) is 3.70. The number of nitrogens with one attached hydrogen (secondary N) is 1. The van der Waals surface area contributed by atoms with Gasteiger partial charge in [-0.3, -0.25) is 4.79 Å². The van der Waals surface area contributed by atoms with Crippen LogP contribution in [0, 0.1) is 0 Å². The van der Waals surface area contributed by atoms with Gasteiger partial charge in [-0.25, -0.2) is 8.42 Å². The molecule has 1 amide bonds. The lowest BCUT2D eigenvalue weighted by molar-refractivity contribution is 0.0955. The van der Waals surface area contributed by atoms with Crippen LogP contribution in [0.15, 0.2) is 18.2 Å². The second-order valence-corrected chi connectivity index (χ2v) is 6.17. The van der Waals surface area contributed by atoms with Gasteiger partial charge in [0.25, 0.3) is 5.91 Å². The molecule has 0 fully saturated rings. The first kappa shape index (κ1) is 14.3. The van der Waals surface area contributed by atoms with Crippen LogP contribution in [0.5, 0.6) is 11.5 Å². The summed E-state index contributed by atoms with van der Waals surface area (Å²) in [5.74, 6) is -1.32. The van der Waals surface area contributed by atoms with Crippen molar-refractivity contribution in [2.24, 2.45) is 0 Å². The Labute approximate surface area is 105 Å². The molecule has 0 saturated carbocycles. The predicted octanol–water partition coefficient (Wildman–Crippen LogP) is 0.262. The van der Waals surface area contributed by atoms with Gasteiger partial charge in [0.05, 0.1) is 5.75 Å². The Morgan fingerprint density at radius 2 is 1.94 bits per heavy atom. The van der Waals surface area contributed by atoms with E-state index < -0.39 is 21.5 Å². The number of carbonyl (C=O) groups excluding carboxylic acids is 1. The Balaban J connectivity index is 2.58. The van der Waals surface area contributed by atoms with Gasteiger partial charge < -0.3 is 15.5 Å². The van der Waals surface area contributed by atoms with Crippen LogP contribution < -0.4 is 5.32 Å². The topological polar surface area (TPSA) is 104 Å². The first-order valence-electron chi connectivity index (χ1n) is 5.36. The number of hydrogen-bond donors (Lipinski definition) is 3. The molecule has 0 unspecified atom stereocenters. The molecular formula is C11H15NO5S. The zero-order valence-electron chi connectivity index (χ0n) is 9.88. The normalized spacial score (nSPS) is 11.2. The van der Waals surface area contributed by atoms with Crippen LogP contribution in [-0.2, 0) is 9.84 Å². The molecule has 0 saturated heterocycles. The Hall–Kier alpha value is -1.76. The smallest absolute Gasteiger partial charge is 0.251 e. The molecule has 0 heterocycles. The van der Waals surface area contributed by atoms with Crippen molar-refractivity contribution >= 4 is 15.7 Å². The minimum Gasteiger partial charge on any atom is -0.504 e. The molecule has 1 aromatic rings. The zero-order valence-corrected chi connectivity index (χ0v) is 10.7. The molecule has 100 valence electrons. The fraction of sp³-hybridized carbons (Fsp3) is 0.364. The molecule has 7 heteroatoms. The van der Waals surface area contributed by atoms with Gasteiger partial charge in [0.1, 0.15) is 0 Å². The van der Waals surface area contributed by atoms with Gasteiger partial charge in [-0.1, -0.05) is 6.92 Å². The zero-order chi connectivity index (χ0) is 13.8. The number of benzene rings is 1. The number of phenols is 2. The lowest BCUT2D eigenvalue weighted by Crippen LogP contribution is -2.29. The first-order valence-corrected chi connectivity index (χ1v) is 7.18. The fourth-order valence-electron chi connectivity index (χ4n) is 1.23. The fourth-order valence-corrected chi connectivity index (χ4v) is 1.93. The third-order valence-corrected chi connectivity index (χ3v) is 4.08. The summed E-state index contributed by atoms with van der Waals surface area (Å²) < 4.78 is 22.4. The molecule has 0 aliphatic rings. The van der Waals surface area contributed by atoms with Crippen LogP contribution in [-0.4, -0.2) is 42.6 Å². The van der Waals surface area contributed by atoms with Crippen molar-refractivity contribution < 1.29 is 23.4 Å². The highest BCUT2D eigenvalue weighted by Gasteiger charge is 2.11.